The normalized spacial score (nSPS) is 12.3. The zero-order chi connectivity index (χ0) is 24.9. The summed E-state index contributed by atoms with van der Waals surface area (Å²) in [6.45, 7) is 4.08. The molecular formula is C24H26F3N3O4. The van der Waals surface area contributed by atoms with Gasteiger partial charge in [-0.1, -0.05) is 12.1 Å². The summed E-state index contributed by atoms with van der Waals surface area (Å²) in [6, 6.07) is 9.32. The first-order chi connectivity index (χ1) is 16.2. The van der Waals surface area contributed by atoms with E-state index in [1.807, 2.05) is 13.8 Å². The third-order valence-electron chi connectivity index (χ3n) is 5.52. The van der Waals surface area contributed by atoms with E-state index in [0.29, 0.717) is 35.2 Å². The first-order valence-corrected chi connectivity index (χ1v) is 10.7. The minimum absolute atomic E-state index is 0.136. The van der Waals surface area contributed by atoms with Crippen molar-refractivity contribution in [1.82, 2.24) is 15.0 Å². The molecule has 0 spiro atoms. The number of nitrogens with zero attached hydrogens (tertiary/aromatic N) is 3. The van der Waals surface area contributed by atoms with Crippen molar-refractivity contribution in [2.24, 2.45) is 0 Å². The number of amides is 1. The Balaban J connectivity index is 1.74. The van der Waals surface area contributed by atoms with Crippen LogP contribution in [0.4, 0.5) is 13.2 Å². The van der Waals surface area contributed by atoms with Crippen LogP contribution in [-0.4, -0.2) is 47.8 Å². The lowest BCUT2D eigenvalue weighted by Gasteiger charge is -2.28. The van der Waals surface area contributed by atoms with Crippen molar-refractivity contribution in [2.45, 2.75) is 38.9 Å². The first-order valence-electron chi connectivity index (χ1n) is 10.7. The van der Waals surface area contributed by atoms with E-state index in [4.69, 9.17) is 14.0 Å². The van der Waals surface area contributed by atoms with Gasteiger partial charge in [-0.15, -0.1) is 0 Å². The molecule has 1 atom stereocenters. The number of aromatic nitrogens is 2. The summed E-state index contributed by atoms with van der Waals surface area (Å²) < 4.78 is 54.4. The Hall–Kier alpha value is -3.56. The number of hydrogen-bond donors (Lipinski definition) is 0. The Bertz CT molecular complexity index is 1110. The summed E-state index contributed by atoms with van der Waals surface area (Å²) in [7, 11) is 3.07. The van der Waals surface area contributed by atoms with Crippen LogP contribution >= 0.6 is 0 Å². The standard InChI is InChI=1S/C24H26F3N3O4/c1-5-15(2)30(23(31)16-6-9-18(10-7-16)24(25,26)27)13-12-21-28-22(29-34-21)17-8-11-19(32-3)20(14-17)33-4/h6-11,14-15H,5,12-13H2,1-4H3/t15-/m1/s1. The number of benzene rings is 2. The van der Waals surface area contributed by atoms with E-state index in [2.05, 4.69) is 10.1 Å². The maximum absolute atomic E-state index is 13.0. The third-order valence-corrected chi connectivity index (χ3v) is 5.52. The maximum atomic E-state index is 13.0. The molecule has 2 aromatic carbocycles. The number of methoxy groups -OCH3 is 2. The largest absolute Gasteiger partial charge is 0.493 e. The van der Waals surface area contributed by atoms with Crippen molar-refractivity contribution in [3.05, 3.63) is 59.5 Å². The molecule has 1 heterocycles. The van der Waals surface area contributed by atoms with E-state index >= 15 is 0 Å². The molecule has 3 aromatic rings. The molecule has 0 N–H and O–H groups in total. The van der Waals surface area contributed by atoms with E-state index in [1.165, 1.54) is 19.2 Å². The lowest BCUT2D eigenvalue weighted by molar-refractivity contribution is -0.137. The quantitative estimate of drug-likeness (QED) is 0.419. The van der Waals surface area contributed by atoms with Crippen LogP contribution in [0, 0.1) is 0 Å². The molecule has 0 aliphatic carbocycles. The van der Waals surface area contributed by atoms with Gasteiger partial charge in [0.05, 0.1) is 19.8 Å². The maximum Gasteiger partial charge on any atom is 0.416 e. The molecular weight excluding hydrogens is 451 g/mol. The minimum Gasteiger partial charge on any atom is -0.493 e. The highest BCUT2D eigenvalue weighted by atomic mass is 19.4. The van der Waals surface area contributed by atoms with Crippen LogP contribution in [0.5, 0.6) is 11.5 Å². The van der Waals surface area contributed by atoms with Gasteiger partial charge in [0.25, 0.3) is 5.91 Å². The number of carbonyl (C=O) groups is 1. The van der Waals surface area contributed by atoms with Crippen molar-refractivity contribution in [2.75, 3.05) is 20.8 Å². The highest BCUT2D eigenvalue weighted by Gasteiger charge is 2.30. The van der Waals surface area contributed by atoms with Crippen LogP contribution in [0.25, 0.3) is 11.4 Å². The second kappa shape index (κ2) is 10.6. The van der Waals surface area contributed by atoms with Gasteiger partial charge in [0.1, 0.15) is 0 Å². The van der Waals surface area contributed by atoms with Gasteiger partial charge in [-0.05, 0) is 55.8 Å². The highest BCUT2D eigenvalue weighted by molar-refractivity contribution is 5.94. The Labute approximate surface area is 195 Å². The molecule has 0 saturated carbocycles. The summed E-state index contributed by atoms with van der Waals surface area (Å²) in [4.78, 5) is 19.0. The smallest absolute Gasteiger partial charge is 0.416 e. The van der Waals surface area contributed by atoms with E-state index < -0.39 is 11.7 Å². The molecule has 0 unspecified atom stereocenters. The van der Waals surface area contributed by atoms with Crippen LogP contribution < -0.4 is 9.47 Å². The summed E-state index contributed by atoms with van der Waals surface area (Å²) >= 11 is 0. The fourth-order valence-corrected chi connectivity index (χ4v) is 3.38. The molecule has 1 amide bonds. The molecule has 7 nitrogen and oxygen atoms in total. The molecule has 0 fully saturated rings. The molecule has 10 heteroatoms. The second-order valence-corrected chi connectivity index (χ2v) is 7.66. The number of ether oxygens (including phenoxy) is 2. The topological polar surface area (TPSA) is 77.7 Å². The average Bonchev–Trinajstić information content (AvgIpc) is 3.31. The summed E-state index contributed by atoms with van der Waals surface area (Å²) in [6.07, 6.45) is -3.49. The zero-order valence-electron chi connectivity index (χ0n) is 19.3. The SMILES string of the molecule is CC[C@@H](C)N(CCc1nc(-c2ccc(OC)c(OC)c2)no1)C(=O)c1ccc(C(F)(F)F)cc1. The molecule has 1 aromatic heterocycles. The van der Waals surface area contributed by atoms with Gasteiger partial charge in [0, 0.05) is 30.1 Å². The van der Waals surface area contributed by atoms with Crippen molar-refractivity contribution < 1.29 is 32.0 Å². The predicted molar refractivity (Wildman–Crippen MR) is 119 cm³/mol. The predicted octanol–water partition coefficient (Wildman–Crippen LogP) is 5.26. The van der Waals surface area contributed by atoms with Crippen molar-refractivity contribution in [3.8, 4) is 22.9 Å². The molecule has 0 aliphatic rings. The van der Waals surface area contributed by atoms with Crippen LogP contribution in [0.3, 0.4) is 0 Å². The molecule has 0 aliphatic heterocycles. The molecule has 3 rings (SSSR count). The van der Waals surface area contributed by atoms with Gasteiger partial charge < -0.3 is 18.9 Å². The monoisotopic (exact) mass is 477 g/mol. The lowest BCUT2D eigenvalue weighted by atomic mass is 10.1. The van der Waals surface area contributed by atoms with Crippen molar-refractivity contribution in [1.29, 1.82) is 0 Å². The first kappa shape index (κ1) is 25.1. The van der Waals surface area contributed by atoms with E-state index in [-0.39, 0.29) is 30.5 Å². The number of alkyl halides is 3. The molecule has 0 radical (unpaired) electrons. The minimum atomic E-state index is -4.46. The fraction of sp³-hybridized carbons (Fsp3) is 0.375. The Morgan fingerprint density at radius 1 is 1.09 bits per heavy atom. The second-order valence-electron chi connectivity index (χ2n) is 7.66. The summed E-state index contributed by atoms with van der Waals surface area (Å²) in [5.41, 5.74) is 0.0600. The molecule has 182 valence electrons. The molecule has 0 saturated heterocycles. The highest BCUT2D eigenvalue weighted by Crippen LogP contribution is 2.31. The zero-order valence-corrected chi connectivity index (χ0v) is 19.3. The number of rotatable bonds is 9. The van der Waals surface area contributed by atoms with Gasteiger partial charge in [-0.3, -0.25) is 4.79 Å². The van der Waals surface area contributed by atoms with E-state index in [0.717, 1.165) is 12.1 Å². The summed E-state index contributed by atoms with van der Waals surface area (Å²) in [5.74, 6) is 1.43. The van der Waals surface area contributed by atoms with Crippen LogP contribution in [0.15, 0.2) is 47.0 Å². The van der Waals surface area contributed by atoms with Crippen LogP contribution in [0.2, 0.25) is 0 Å². The number of hydrogen-bond acceptors (Lipinski definition) is 6. The van der Waals surface area contributed by atoms with Crippen molar-refractivity contribution in [3.63, 3.8) is 0 Å². The van der Waals surface area contributed by atoms with E-state index in [1.54, 1.807) is 30.2 Å². The Kier molecular flexibility index (Phi) is 7.80. The van der Waals surface area contributed by atoms with Gasteiger partial charge in [0.15, 0.2) is 11.5 Å². The Morgan fingerprint density at radius 3 is 2.35 bits per heavy atom. The number of halogens is 3. The number of carbonyl (C=O) groups excluding carboxylic acids is 1. The van der Waals surface area contributed by atoms with Crippen LogP contribution in [-0.2, 0) is 12.6 Å². The molecule has 34 heavy (non-hydrogen) atoms. The Morgan fingerprint density at radius 2 is 1.76 bits per heavy atom. The lowest BCUT2D eigenvalue weighted by Crippen LogP contribution is -2.39. The molecule has 0 bridgehead atoms. The van der Waals surface area contributed by atoms with E-state index in [9.17, 15) is 18.0 Å². The van der Waals surface area contributed by atoms with Gasteiger partial charge in [-0.25, -0.2) is 0 Å². The average molecular weight is 477 g/mol. The van der Waals surface area contributed by atoms with Crippen molar-refractivity contribution >= 4 is 5.91 Å². The van der Waals surface area contributed by atoms with Gasteiger partial charge in [0.2, 0.25) is 11.7 Å². The summed E-state index contributed by atoms with van der Waals surface area (Å²) in [5, 5.41) is 4.00. The van der Waals surface area contributed by atoms with Gasteiger partial charge >= 0.3 is 6.18 Å². The van der Waals surface area contributed by atoms with Crippen LogP contribution in [0.1, 0.15) is 42.1 Å². The third kappa shape index (κ3) is 5.67. The van der Waals surface area contributed by atoms with Gasteiger partial charge in [-0.2, -0.15) is 18.2 Å². The fourth-order valence-electron chi connectivity index (χ4n) is 3.38.